The SMILES string of the molecule is COC1C(=O)COC1C(C)C. The molecule has 3 heteroatoms. The lowest BCUT2D eigenvalue weighted by Crippen LogP contribution is -2.32. The lowest BCUT2D eigenvalue weighted by molar-refractivity contribution is -0.125. The molecule has 11 heavy (non-hydrogen) atoms. The number of ketones is 1. The number of ether oxygens (including phenoxy) is 2. The molecule has 1 heterocycles. The Balaban J connectivity index is 2.61. The van der Waals surface area contributed by atoms with Gasteiger partial charge in [-0.2, -0.15) is 0 Å². The Morgan fingerprint density at radius 1 is 1.64 bits per heavy atom. The highest BCUT2D eigenvalue weighted by Gasteiger charge is 2.37. The fourth-order valence-corrected chi connectivity index (χ4v) is 1.34. The maximum atomic E-state index is 11.1. The molecule has 0 aromatic carbocycles. The largest absolute Gasteiger partial charge is 0.371 e. The summed E-state index contributed by atoms with van der Waals surface area (Å²) in [4.78, 5) is 11.1. The first kappa shape index (κ1) is 8.68. The highest BCUT2D eigenvalue weighted by Crippen LogP contribution is 2.20. The first-order chi connectivity index (χ1) is 5.16. The summed E-state index contributed by atoms with van der Waals surface area (Å²) >= 11 is 0. The average molecular weight is 158 g/mol. The van der Waals surface area contributed by atoms with E-state index in [0.717, 1.165) is 0 Å². The van der Waals surface area contributed by atoms with Gasteiger partial charge < -0.3 is 9.47 Å². The van der Waals surface area contributed by atoms with Gasteiger partial charge in [0.05, 0.1) is 6.10 Å². The van der Waals surface area contributed by atoms with Gasteiger partial charge in [-0.25, -0.2) is 0 Å². The van der Waals surface area contributed by atoms with Gasteiger partial charge in [-0.05, 0) is 5.92 Å². The van der Waals surface area contributed by atoms with Crippen molar-refractivity contribution in [2.75, 3.05) is 13.7 Å². The van der Waals surface area contributed by atoms with Gasteiger partial charge in [-0.3, -0.25) is 4.79 Å². The smallest absolute Gasteiger partial charge is 0.189 e. The van der Waals surface area contributed by atoms with E-state index < -0.39 is 0 Å². The lowest BCUT2D eigenvalue weighted by atomic mass is 10.0. The molecule has 0 amide bonds. The van der Waals surface area contributed by atoms with Crippen molar-refractivity contribution in [3.8, 4) is 0 Å². The predicted octanol–water partition coefficient (Wildman–Crippen LogP) is 0.625. The minimum atomic E-state index is -0.338. The number of carbonyl (C=O) groups excluding carboxylic acids is 1. The molecule has 0 spiro atoms. The van der Waals surface area contributed by atoms with E-state index in [1.807, 2.05) is 13.8 Å². The minimum absolute atomic E-state index is 0.0486. The summed E-state index contributed by atoms with van der Waals surface area (Å²) < 4.78 is 10.3. The van der Waals surface area contributed by atoms with Gasteiger partial charge in [0.1, 0.15) is 12.7 Å². The fourth-order valence-electron chi connectivity index (χ4n) is 1.34. The average Bonchev–Trinajstić information content (AvgIpc) is 2.30. The van der Waals surface area contributed by atoms with E-state index in [9.17, 15) is 4.79 Å². The van der Waals surface area contributed by atoms with Crippen LogP contribution in [0, 0.1) is 5.92 Å². The van der Waals surface area contributed by atoms with Crippen LogP contribution in [0.15, 0.2) is 0 Å². The van der Waals surface area contributed by atoms with Gasteiger partial charge in [0.15, 0.2) is 5.78 Å². The quantitative estimate of drug-likeness (QED) is 0.591. The summed E-state index contributed by atoms with van der Waals surface area (Å²) in [5.41, 5.74) is 0. The van der Waals surface area contributed by atoms with Crippen molar-refractivity contribution in [2.24, 2.45) is 5.92 Å². The summed E-state index contributed by atoms with van der Waals surface area (Å²) in [5, 5.41) is 0. The molecule has 0 N–H and O–H groups in total. The lowest BCUT2D eigenvalue weighted by Gasteiger charge is -2.18. The summed E-state index contributed by atoms with van der Waals surface area (Å²) in [6.07, 6.45) is -0.387. The molecule has 64 valence electrons. The van der Waals surface area contributed by atoms with E-state index in [-0.39, 0.29) is 24.6 Å². The summed E-state index contributed by atoms with van der Waals surface area (Å²) in [6.45, 7) is 4.26. The molecule has 1 saturated heterocycles. The van der Waals surface area contributed by atoms with Gasteiger partial charge in [0.25, 0.3) is 0 Å². The first-order valence-electron chi connectivity index (χ1n) is 3.84. The second kappa shape index (κ2) is 3.32. The molecule has 1 aliphatic rings. The van der Waals surface area contributed by atoms with E-state index in [2.05, 4.69) is 0 Å². The molecular weight excluding hydrogens is 144 g/mol. The van der Waals surface area contributed by atoms with Crippen molar-refractivity contribution in [1.29, 1.82) is 0 Å². The first-order valence-corrected chi connectivity index (χ1v) is 3.84. The van der Waals surface area contributed by atoms with Crippen molar-refractivity contribution in [1.82, 2.24) is 0 Å². The number of Topliss-reactive ketones (excluding diaryl/α,β-unsaturated/α-hetero) is 1. The molecule has 0 aromatic rings. The maximum absolute atomic E-state index is 11.1. The number of rotatable bonds is 2. The Bertz CT molecular complexity index is 153. The Hall–Kier alpha value is -0.410. The van der Waals surface area contributed by atoms with Crippen LogP contribution in [-0.4, -0.2) is 31.7 Å². The molecule has 0 aliphatic carbocycles. The standard InChI is InChI=1S/C8H14O3/c1-5(2)7-8(10-3)6(9)4-11-7/h5,7-8H,4H2,1-3H3. The zero-order valence-electron chi connectivity index (χ0n) is 7.16. The third-order valence-corrected chi connectivity index (χ3v) is 1.94. The highest BCUT2D eigenvalue weighted by atomic mass is 16.6. The van der Waals surface area contributed by atoms with Gasteiger partial charge in [0.2, 0.25) is 0 Å². The van der Waals surface area contributed by atoms with Crippen LogP contribution in [0.5, 0.6) is 0 Å². The molecular formula is C8H14O3. The van der Waals surface area contributed by atoms with Crippen LogP contribution >= 0.6 is 0 Å². The van der Waals surface area contributed by atoms with Crippen LogP contribution in [0.3, 0.4) is 0 Å². The normalized spacial score (nSPS) is 31.8. The molecule has 1 aliphatic heterocycles. The third kappa shape index (κ3) is 1.60. The molecule has 2 unspecified atom stereocenters. The molecule has 0 aromatic heterocycles. The van der Waals surface area contributed by atoms with Crippen LogP contribution in [0.25, 0.3) is 0 Å². The number of hydrogen-bond acceptors (Lipinski definition) is 3. The van der Waals surface area contributed by atoms with E-state index in [4.69, 9.17) is 9.47 Å². The Morgan fingerprint density at radius 3 is 2.64 bits per heavy atom. The third-order valence-electron chi connectivity index (χ3n) is 1.94. The van der Waals surface area contributed by atoms with Crippen molar-refractivity contribution >= 4 is 5.78 Å². The summed E-state index contributed by atoms with van der Waals surface area (Å²) in [7, 11) is 1.55. The Labute approximate surface area is 66.7 Å². The molecule has 0 saturated carbocycles. The highest BCUT2D eigenvalue weighted by molar-refractivity contribution is 5.86. The molecule has 1 rings (SSSR count). The summed E-state index contributed by atoms with van der Waals surface area (Å²) in [6, 6.07) is 0. The van der Waals surface area contributed by atoms with Crippen molar-refractivity contribution in [3.63, 3.8) is 0 Å². The molecule has 0 bridgehead atoms. The second-order valence-electron chi connectivity index (χ2n) is 3.14. The predicted molar refractivity (Wildman–Crippen MR) is 40.4 cm³/mol. The molecule has 2 atom stereocenters. The monoisotopic (exact) mass is 158 g/mol. The van der Waals surface area contributed by atoms with Crippen molar-refractivity contribution < 1.29 is 14.3 Å². The van der Waals surface area contributed by atoms with Gasteiger partial charge in [0, 0.05) is 7.11 Å². The van der Waals surface area contributed by atoms with Crippen LogP contribution in [-0.2, 0) is 14.3 Å². The zero-order chi connectivity index (χ0) is 8.43. The maximum Gasteiger partial charge on any atom is 0.189 e. The van der Waals surface area contributed by atoms with E-state index in [1.54, 1.807) is 7.11 Å². The Kier molecular flexibility index (Phi) is 2.62. The van der Waals surface area contributed by atoms with Crippen LogP contribution < -0.4 is 0 Å². The van der Waals surface area contributed by atoms with E-state index in [0.29, 0.717) is 5.92 Å². The molecule has 1 fully saturated rings. The van der Waals surface area contributed by atoms with E-state index in [1.165, 1.54) is 0 Å². The minimum Gasteiger partial charge on any atom is -0.371 e. The zero-order valence-corrected chi connectivity index (χ0v) is 7.16. The van der Waals surface area contributed by atoms with Crippen LogP contribution in [0.1, 0.15) is 13.8 Å². The van der Waals surface area contributed by atoms with E-state index >= 15 is 0 Å². The molecule has 3 nitrogen and oxygen atoms in total. The van der Waals surface area contributed by atoms with Gasteiger partial charge in [-0.1, -0.05) is 13.8 Å². The van der Waals surface area contributed by atoms with Crippen molar-refractivity contribution in [3.05, 3.63) is 0 Å². The van der Waals surface area contributed by atoms with Crippen LogP contribution in [0.4, 0.5) is 0 Å². The summed E-state index contributed by atoms with van der Waals surface area (Å²) in [5.74, 6) is 0.401. The Morgan fingerprint density at radius 2 is 2.27 bits per heavy atom. The van der Waals surface area contributed by atoms with Gasteiger partial charge in [-0.15, -0.1) is 0 Å². The molecule has 0 radical (unpaired) electrons. The topological polar surface area (TPSA) is 35.5 Å². The number of hydrogen-bond donors (Lipinski definition) is 0. The van der Waals surface area contributed by atoms with Crippen LogP contribution in [0.2, 0.25) is 0 Å². The second-order valence-corrected chi connectivity index (χ2v) is 3.14. The fraction of sp³-hybridized carbons (Fsp3) is 0.875. The van der Waals surface area contributed by atoms with Crippen molar-refractivity contribution in [2.45, 2.75) is 26.1 Å². The van der Waals surface area contributed by atoms with Gasteiger partial charge >= 0.3 is 0 Å². The number of methoxy groups -OCH3 is 1. The number of carbonyl (C=O) groups is 1.